The van der Waals surface area contributed by atoms with E-state index in [2.05, 4.69) is 15.5 Å². The lowest BCUT2D eigenvalue weighted by atomic mass is 10.2. The first-order valence-electron chi connectivity index (χ1n) is 7.89. The number of amides is 2. The van der Waals surface area contributed by atoms with Crippen molar-refractivity contribution in [3.63, 3.8) is 0 Å². The van der Waals surface area contributed by atoms with Crippen LogP contribution in [0.15, 0.2) is 28.9 Å². The average molecular weight is 316 g/mol. The van der Waals surface area contributed by atoms with Crippen molar-refractivity contribution >= 4 is 11.8 Å². The molecule has 0 bridgehead atoms. The summed E-state index contributed by atoms with van der Waals surface area (Å²) in [5.74, 6) is 0.546. The van der Waals surface area contributed by atoms with E-state index in [1.807, 2.05) is 4.90 Å². The number of nitrogens with one attached hydrogen (secondary N) is 2. The Morgan fingerprint density at radius 2 is 2.30 bits per heavy atom. The fraction of sp³-hybridized carbons (Fsp3) is 0.438. The normalized spacial score (nSPS) is 15.5. The van der Waals surface area contributed by atoms with Gasteiger partial charge < -0.3 is 14.6 Å². The average Bonchev–Trinajstić information content (AvgIpc) is 3.19. The Kier molecular flexibility index (Phi) is 4.75. The quantitative estimate of drug-likeness (QED) is 0.880. The Hall–Kier alpha value is -2.57. The number of hydrogen-bond donors (Lipinski definition) is 2. The van der Waals surface area contributed by atoms with Gasteiger partial charge in [0.15, 0.2) is 11.5 Å². The maximum Gasteiger partial charge on any atom is 0.271 e. The molecule has 1 fully saturated rings. The van der Waals surface area contributed by atoms with Crippen molar-refractivity contribution in [3.8, 4) is 11.5 Å². The monoisotopic (exact) mass is 316 g/mol. The number of carbonyl (C=O) groups excluding carboxylic acids is 2. The van der Waals surface area contributed by atoms with Crippen molar-refractivity contribution in [3.05, 3.63) is 30.2 Å². The molecule has 7 nitrogen and oxygen atoms in total. The molecular weight excluding hydrogens is 296 g/mol. The van der Waals surface area contributed by atoms with Crippen LogP contribution in [0.3, 0.4) is 0 Å². The van der Waals surface area contributed by atoms with E-state index in [0.29, 0.717) is 36.7 Å². The van der Waals surface area contributed by atoms with Crippen molar-refractivity contribution in [2.75, 3.05) is 19.6 Å². The Bertz CT molecular complexity index is 663. The molecule has 0 unspecified atom stereocenters. The Morgan fingerprint density at radius 3 is 3.13 bits per heavy atom. The molecule has 2 aromatic rings. The van der Waals surface area contributed by atoms with Crippen molar-refractivity contribution in [1.29, 1.82) is 0 Å². The van der Waals surface area contributed by atoms with Gasteiger partial charge in [-0.25, -0.2) is 0 Å². The molecule has 7 heteroatoms. The summed E-state index contributed by atoms with van der Waals surface area (Å²) in [5.41, 5.74) is 0.960. The third-order valence-electron chi connectivity index (χ3n) is 3.94. The molecule has 2 aromatic heterocycles. The molecule has 0 aliphatic carbocycles. The van der Waals surface area contributed by atoms with E-state index in [4.69, 9.17) is 4.42 Å². The topological polar surface area (TPSA) is 91.2 Å². The van der Waals surface area contributed by atoms with Crippen LogP contribution in [0.2, 0.25) is 0 Å². The van der Waals surface area contributed by atoms with E-state index < -0.39 is 0 Å². The second-order valence-corrected chi connectivity index (χ2v) is 5.59. The zero-order chi connectivity index (χ0) is 16.1. The first-order valence-corrected chi connectivity index (χ1v) is 7.89. The minimum atomic E-state index is -0.263. The number of carbonyl (C=O) groups is 2. The number of aromatic nitrogens is 2. The lowest BCUT2D eigenvalue weighted by molar-refractivity contribution is -0.130. The van der Waals surface area contributed by atoms with Gasteiger partial charge in [0.05, 0.1) is 6.26 Å². The largest absolute Gasteiger partial charge is 0.463 e. The van der Waals surface area contributed by atoms with Gasteiger partial charge in [-0.15, -0.1) is 0 Å². The van der Waals surface area contributed by atoms with Crippen LogP contribution in [-0.4, -0.2) is 46.5 Å². The van der Waals surface area contributed by atoms with Crippen molar-refractivity contribution in [2.45, 2.75) is 25.7 Å². The first kappa shape index (κ1) is 15.3. The molecule has 0 radical (unpaired) electrons. The summed E-state index contributed by atoms with van der Waals surface area (Å²) < 4.78 is 5.25. The van der Waals surface area contributed by atoms with E-state index >= 15 is 0 Å². The lowest BCUT2D eigenvalue weighted by Gasteiger charge is -2.20. The highest BCUT2D eigenvalue weighted by molar-refractivity contribution is 5.93. The SMILES string of the molecule is O=C(NCCN1CCCCCC1=O)c1cc(-c2ccco2)[nH]n1. The maximum absolute atomic E-state index is 12.1. The second-order valence-electron chi connectivity index (χ2n) is 5.59. The minimum Gasteiger partial charge on any atom is -0.463 e. The smallest absolute Gasteiger partial charge is 0.271 e. The number of rotatable bonds is 5. The van der Waals surface area contributed by atoms with Crippen LogP contribution >= 0.6 is 0 Å². The third kappa shape index (κ3) is 3.80. The van der Waals surface area contributed by atoms with Crippen molar-refractivity contribution in [2.24, 2.45) is 0 Å². The molecule has 3 heterocycles. The van der Waals surface area contributed by atoms with Gasteiger partial charge in [0, 0.05) is 32.1 Å². The molecule has 0 saturated carbocycles. The van der Waals surface area contributed by atoms with Crippen molar-refractivity contribution in [1.82, 2.24) is 20.4 Å². The summed E-state index contributed by atoms with van der Waals surface area (Å²) in [4.78, 5) is 25.8. The second kappa shape index (κ2) is 7.13. The van der Waals surface area contributed by atoms with Gasteiger partial charge >= 0.3 is 0 Å². The maximum atomic E-state index is 12.1. The predicted molar refractivity (Wildman–Crippen MR) is 83.7 cm³/mol. The zero-order valence-corrected chi connectivity index (χ0v) is 12.9. The van der Waals surface area contributed by atoms with Gasteiger partial charge in [-0.05, 0) is 25.0 Å². The Balaban J connectivity index is 1.50. The molecule has 1 saturated heterocycles. The molecule has 0 atom stereocenters. The first-order chi connectivity index (χ1) is 11.2. The van der Waals surface area contributed by atoms with Gasteiger partial charge in [-0.1, -0.05) is 6.42 Å². The van der Waals surface area contributed by atoms with Gasteiger partial charge in [0.2, 0.25) is 5.91 Å². The number of aromatic amines is 1. The zero-order valence-electron chi connectivity index (χ0n) is 12.9. The standard InChI is InChI=1S/C16H20N4O3/c21-15-6-2-1-3-8-20(15)9-7-17-16(22)13-11-12(18-19-13)14-5-4-10-23-14/h4-5,10-11H,1-3,6-9H2,(H,17,22)(H,18,19). The highest BCUT2D eigenvalue weighted by Crippen LogP contribution is 2.17. The molecule has 1 aliphatic rings. The summed E-state index contributed by atoms with van der Waals surface area (Å²) in [6.45, 7) is 1.74. The number of hydrogen-bond acceptors (Lipinski definition) is 4. The number of nitrogens with zero attached hydrogens (tertiary/aromatic N) is 2. The highest BCUT2D eigenvalue weighted by Gasteiger charge is 2.17. The van der Waals surface area contributed by atoms with Crippen LogP contribution in [-0.2, 0) is 4.79 Å². The van der Waals surface area contributed by atoms with Crippen LogP contribution < -0.4 is 5.32 Å². The molecule has 0 spiro atoms. The van der Waals surface area contributed by atoms with Crippen LogP contribution in [0.25, 0.3) is 11.5 Å². The fourth-order valence-electron chi connectivity index (χ4n) is 2.67. The van der Waals surface area contributed by atoms with Gasteiger partial charge in [-0.2, -0.15) is 5.10 Å². The van der Waals surface area contributed by atoms with E-state index in [1.54, 1.807) is 24.5 Å². The van der Waals surface area contributed by atoms with Crippen LogP contribution in [0.4, 0.5) is 0 Å². The summed E-state index contributed by atoms with van der Waals surface area (Å²) >= 11 is 0. The Labute approximate surface area is 134 Å². The molecule has 3 rings (SSSR count). The summed E-state index contributed by atoms with van der Waals surface area (Å²) in [6.07, 6.45) is 5.27. The minimum absolute atomic E-state index is 0.177. The molecule has 2 amide bonds. The van der Waals surface area contributed by atoms with Crippen molar-refractivity contribution < 1.29 is 14.0 Å². The Morgan fingerprint density at radius 1 is 1.39 bits per heavy atom. The molecule has 122 valence electrons. The molecule has 23 heavy (non-hydrogen) atoms. The third-order valence-corrected chi connectivity index (χ3v) is 3.94. The summed E-state index contributed by atoms with van der Waals surface area (Å²) in [5, 5.41) is 9.56. The molecule has 2 N–H and O–H groups in total. The molecule has 1 aliphatic heterocycles. The predicted octanol–water partition coefficient (Wildman–Crippen LogP) is 1.80. The summed E-state index contributed by atoms with van der Waals surface area (Å²) in [7, 11) is 0. The van der Waals surface area contributed by atoms with Crippen LogP contribution in [0.5, 0.6) is 0 Å². The number of furan rings is 1. The lowest BCUT2D eigenvalue weighted by Crippen LogP contribution is -2.38. The van der Waals surface area contributed by atoms with Gasteiger partial charge in [0.1, 0.15) is 5.69 Å². The van der Waals surface area contributed by atoms with E-state index in [-0.39, 0.29) is 11.8 Å². The van der Waals surface area contributed by atoms with E-state index in [1.165, 1.54) is 0 Å². The number of likely N-dealkylation sites (tertiary alicyclic amines) is 1. The van der Waals surface area contributed by atoms with E-state index in [9.17, 15) is 9.59 Å². The molecule has 0 aromatic carbocycles. The van der Waals surface area contributed by atoms with Gasteiger partial charge in [-0.3, -0.25) is 14.7 Å². The summed E-state index contributed by atoms with van der Waals surface area (Å²) in [6, 6.07) is 5.21. The number of H-pyrrole nitrogens is 1. The van der Waals surface area contributed by atoms with Gasteiger partial charge in [0.25, 0.3) is 5.91 Å². The van der Waals surface area contributed by atoms with Crippen LogP contribution in [0.1, 0.15) is 36.2 Å². The highest BCUT2D eigenvalue weighted by atomic mass is 16.3. The fourth-order valence-corrected chi connectivity index (χ4v) is 2.67. The molecular formula is C16H20N4O3. The van der Waals surface area contributed by atoms with E-state index in [0.717, 1.165) is 25.8 Å². The van der Waals surface area contributed by atoms with Crippen LogP contribution in [0, 0.1) is 0 Å².